The monoisotopic (exact) mass is 438 g/mol. The van der Waals surface area contributed by atoms with E-state index in [4.69, 9.17) is 20.9 Å². The number of ether oxygens (including phenoxy) is 2. The molecular formula is C26H34N2O4. The first-order chi connectivity index (χ1) is 15.5. The van der Waals surface area contributed by atoms with Crippen LogP contribution in [0.15, 0.2) is 48.5 Å². The maximum absolute atomic E-state index is 12.2. The van der Waals surface area contributed by atoms with Gasteiger partial charge in [0, 0.05) is 17.5 Å². The minimum Gasteiger partial charge on any atom is -0.463 e. The van der Waals surface area contributed by atoms with E-state index in [1.54, 1.807) is 36.4 Å². The first-order valence-corrected chi connectivity index (χ1v) is 11.3. The van der Waals surface area contributed by atoms with Crippen LogP contribution < -0.4 is 16.2 Å². The molecule has 0 amide bonds. The van der Waals surface area contributed by atoms with Gasteiger partial charge in [-0.05, 0) is 48.4 Å². The maximum atomic E-state index is 12.2. The minimum absolute atomic E-state index is 0.283. The standard InChI is InChI=1S/C26H34N2O4/c1-2-3-4-5-6-7-8-9-16-31-25(29)15-12-20-10-13-24(14-11-20)32-26(30)21-17-22(27)19-23(28)18-21/h10-15,17-19H,2-9,16,27-28H2,1H3/b15-12+. The average molecular weight is 439 g/mol. The van der Waals surface area contributed by atoms with Gasteiger partial charge in [0.1, 0.15) is 5.75 Å². The third kappa shape index (κ3) is 9.69. The summed E-state index contributed by atoms with van der Waals surface area (Å²) in [6, 6.07) is 11.4. The number of benzene rings is 2. The van der Waals surface area contributed by atoms with E-state index in [0.29, 0.717) is 23.7 Å². The van der Waals surface area contributed by atoms with Crippen molar-refractivity contribution in [2.45, 2.75) is 58.3 Å². The molecule has 4 N–H and O–H groups in total. The molecule has 6 heteroatoms. The molecule has 0 aliphatic rings. The second kappa shape index (κ2) is 13.9. The Labute approximate surface area is 190 Å². The highest BCUT2D eigenvalue weighted by Gasteiger charge is 2.10. The lowest BCUT2D eigenvalue weighted by Crippen LogP contribution is -2.09. The predicted molar refractivity (Wildman–Crippen MR) is 129 cm³/mol. The van der Waals surface area contributed by atoms with Gasteiger partial charge in [0.15, 0.2) is 0 Å². The van der Waals surface area contributed by atoms with Crippen molar-refractivity contribution in [1.29, 1.82) is 0 Å². The van der Waals surface area contributed by atoms with Crippen LogP contribution in [0.4, 0.5) is 11.4 Å². The fraction of sp³-hybridized carbons (Fsp3) is 0.385. The minimum atomic E-state index is -0.545. The van der Waals surface area contributed by atoms with Crippen LogP contribution >= 0.6 is 0 Å². The molecule has 0 aliphatic carbocycles. The topological polar surface area (TPSA) is 105 Å². The summed E-state index contributed by atoms with van der Waals surface area (Å²) in [4.78, 5) is 24.1. The number of esters is 2. The summed E-state index contributed by atoms with van der Waals surface area (Å²) in [6.07, 6.45) is 12.7. The van der Waals surface area contributed by atoms with E-state index in [1.165, 1.54) is 56.7 Å². The second-order valence-corrected chi connectivity index (χ2v) is 7.82. The molecule has 0 spiro atoms. The number of nitrogens with two attached hydrogens (primary N) is 2. The van der Waals surface area contributed by atoms with Crippen LogP contribution in [0.1, 0.15) is 74.2 Å². The maximum Gasteiger partial charge on any atom is 0.343 e. The normalized spacial score (nSPS) is 10.9. The molecule has 2 rings (SSSR count). The van der Waals surface area contributed by atoms with Crippen LogP contribution in [0.3, 0.4) is 0 Å². The van der Waals surface area contributed by atoms with Gasteiger partial charge in [0.2, 0.25) is 0 Å². The van der Waals surface area contributed by atoms with Crippen LogP contribution in [0, 0.1) is 0 Å². The molecule has 0 aliphatic heterocycles. The van der Waals surface area contributed by atoms with E-state index in [0.717, 1.165) is 18.4 Å². The first-order valence-electron chi connectivity index (χ1n) is 11.3. The van der Waals surface area contributed by atoms with Crippen molar-refractivity contribution in [2.24, 2.45) is 0 Å². The van der Waals surface area contributed by atoms with Crippen molar-refractivity contribution in [3.05, 3.63) is 59.7 Å². The zero-order valence-corrected chi connectivity index (χ0v) is 18.8. The summed E-state index contributed by atoms with van der Waals surface area (Å²) in [7, 11) is 0. The van der Waals surface area contributed by atoms with Crippen LogP contribution in [-0.4, -0.2) is 18.5 Å². The van der Waals surface area contributed by atoms with E-state index in [-0.39, 0.29) is 11.5 Å². The lowest BCUT2D eigenvalue weighted by Gasteiger charge is -2.06. The highest BCUT2D eigenvalue weighted by Crippen LogP contribution is 2.18. The molecule has 0 atom stereocenters. The third-order valence-corrected chi connectivity index (χ3v) is 4.96. The van der Waals surface area contributed by atoms with Crippen molar-refractivity contribution in [3.8, 4) is 5.75 Å². The Morgan fingerprint density at radius 2 is 1.44 bits per heavy atom. The number of nitrogen functional groups attached to an aromatic ring is 2. The van der Waals surface area contributed by atoms with E-state index >= 15 is 0 Å². The van der Waals surface area contributed by atoms with Crippen molar-refractivity contribution < 1.29 is 19.1 Å². The Bertz CT molecular complexity index is 871. The number of hydrogen-bond acceptors (Lipinski definition) is 6. The van der Waals surface area contributed by atoms with E-state index in [9.17, 15) is 9.59 Å². The Kier molecular flexibility index (Phi) is 10.9. The lowest BCUT2D eigenvalue weighted by molar-refractivity contribution is -0.137. The van der Waals surface area contributed by atoms with Crippen molar-refractivity contribution >= 4 is 29.4 Å². The lowest BCUT2D eigenvalue weighted by atomic mass is 10.1. The summed E-state index contributed by atoms with van der Waals surface area (Å²) >= 11 is 0. The first kappa shape index (κ1) is 25.0. The van der Waals surface area contributed by atoms with Gasteiger partial charge in [-0.15, -0.1) is 0 Å². The fourth-order valence-electron chi connectivity index (χ4n) is 3.23. The Morgan fingerprint density at radius 1 is 0.844 bits per heavy atom. The van der Waals surface area contributed by atoms with Gasteiger partial charge in [-0.1, -0.05) is 64.0 Å². The van der Waals surface area contributed by atoms with Crippen molar-refractivity contribution in [3.63, 3.8) is 0 Å². The quantitative estimate of drug-likeness (QED) is 0.135. The molecule has 172 valence electrons. The van der Waals surface area contributed by atoms with Gasteiger partial charge in [-0.25, -0.2) is 9.59 Å². The Balaban J connectivity index is 1.69. The van der Waals surface area contributed by atoms with Crippen molar-refractivity contribution in [2.75, 3.05) is 18.1 Å². The molecule has 0 saturated carbocycles. The van der Waals surface area contributed by atoms with Crippen LogP contribution in [0.2, 0.25) is 0 Å². The number of rotatable bonds is 13. The molecule has 0 heterocycles. The van der Waals surface area contributed by atoms with Gasteiger partial charge in [-0.3, -0.25) is 0 Å². The number of hydrogen-bond donors (Lipinski definition) is 2. The molecule has 6 nitrogen and oxygen atoms in total. The molecule has 2 aromatic carbocycles. The van der Waals surface area contributed by atoms with Gasteiger partial charge in [-0.2, -0.15) is 0 Å². The SMILES string of the molecule is CCCCCCCCCCOC(=O)/C=C/c1ccc(OC(=O)c2cc(N)cc(N)c2)cc1. The zero-order chi connectivity index (χ0) is 23.2. The smallest absolute Gasteiger partial charge is 0.343 e. The molecule has 32 heavy (non-hydrogen) atoms. The highest BCUT2D eigenvalue weighted by molar-refractivity contribution is 5.93. The van der Waals surface area contributed by atoms with Gasteiger partial charge < -0.3 is 20.9 Å². The summed E-state index contributed by atoms with van der Waals surface area (Å²) in [6.45, 7) is 2.66. The van der Waals surface area contributed by atoms with Gasteiger partial charge >= 0.3 is 11.9 Å². The summed E-state index contributed by atoms with van der Waals surface area (Å²) in [5, 5.41) is 0. The molecule has 0 radical (unpaired) electrons. The number of unbranched alkanes of at least 4 members (excludes halogenated alkanes) is 7. The number of carbonyl (C=O) groups is 2. The fourth-order valence-corrected chi connectivity index (χ4v) is 3.23. The van der Waals surface area contributed by atoms with E-state index in [2.05, 4.69) is 6.92 Å². The van der Waals surface area contributed by atoms with Gasteiger partial charge in [0.05, 0.1) is 12.2 Å². The largest absolute Gasteiger partial charge is 0.463 e. The van der Waals surface area contributed by atoms with E-state index in [1.807, 2.05) is 0 Å². The molecular weight excluding hydrogens is 404 g/mol. The van der Waals surface area contributed by atoms with Crippen LogP contribution in [0.25, 0.3) is 6.08 Å². The zero-order valence-electron chi connectivity index (χ0n) is 18.8. The molecule has 0 unspecified atom stereocenters. The second-order valence-electron chi connectivity index (χ2n) is 7.82. The molecule has 0 saturated heterocycles. The molecule has 0 bridgehead atoms. The molecule has 0 fully saturated rings. The average Bonchev–Trinajstić information content (AvgIpc) is 2.77. The molecule has 0 aromatic heterocycles. The third-order valence-electron chi connectivity index (χ3n) is 4.96. The van der Waals surface area contributed by atoms with Crippen LogP contribution in [-0.2, 0) is 9.53 Å². The summed E-state index contributed by atoms with van der Waals surface area (Å²) in [5.41, 5.74) is 13.3. The number of carbonyl (C=O) groups excluding carboxylic acids is 2. The molecule has 2 aromatic rings. The Morgan fingerprint density at radius 3 is 2.06 bits per heavy atom. The van der Waals surface area contributed by atoms with Gasteiger partial charge in [0.25, 0.3) is 0 Å². The summed E-state index contributed by atoms with van der Waals surface area (Å²) in [5.74, 6) is -0.523. The predicted octanol–water partition coefficient (Wildman–Crippen LogP) is 5.77. The highest BCUT2D eigenvalue weighted by atomic mass is 16.5. The van der Waals surface area contributed by atoms with Crippen molar-refractivity contribution in [1.82, 2.24) is 0 Å². The van der Waals surface area contributed by atoms with Crippen LogP contribution in [0.5, 0.6) is 5.75 Å². The number of anilines is 2. The summed E-state index contributed by atoms with van der Waals surface area (Å²) < 4.78 is 10.6. The Hall–Kier alpha value is -3.28. The van der Waals surface area contributed by atoms with E-state index < -0.39 is 5.97 Å².